The molecule has 7 rings (SSSR count). The summed E-state index contributed by atoms with van der Waals surface area (Å²) in [4.78, 5) is 24.3. The van der Waals surface area contributed by atoms with E-state index in [4.69, 9.17) is 9.54 Å². The fraction of sp³-hybridized carbons (Fsp3) is 0.128. The number of fused-ring (bicyclic) bond motifs is 3. The van der Waals surface area contributed by atoms with Crippen LogP contribution in [0.4, 0.5) is 17.3 Å². The molecule has 12 heteroatoms. The maximum absolute atomic E-state index is 11.7. The van der Waals surface area contributed by atoms with Crippen LogP contribution in [0.2, 0.25) is 0 Å². The second-order valence-electron chi connectivity index (χ2n) is 12.0. The Labute approximate surface area is 296 Å². The summed E-state index contributed by atoms with van der Waals surface area (Å²) in [7, 11) is -2.02. The number of hydrogen-bond acceptors (Lipinski definition) is 7. The Hall–Kier alpha value is -6.11. The second-order valence-corrected chi connectivity index (χ2v) is 13.4. The second kappa shape index (κ2) is 14.4. The topological polar surface area (TPSA) is 136 Å². The first-order valence-electron chi connectivity index (χ1n) is 16.1. The van der Waals surface area contributed by atoms with Crippen molar-refractivity contribution < 1.29 is 22.9 Å². The number of rotatable bonds is 9. The highest BCUT2D eigenvalue weighted by Gasteiger charge is 2.42. The van der Waals surface area contributed by atoms with Crippen molar-refractivity contribution >= 4 is 55.5 Å². The van der Waals surface area contributed by atoms with Gasteiger partial charge in [0.05, 0.1) is 15.5 Å². The van der Waals surface area contributed by atoms with Gasteiger partial charge in [-0.2, -0.15) is 8.42 Å². The Morgan fingerprint density at radius 1 is 0.941 bits per heavy atom. The number of para-hydroxylation sites is 2. The van der Waals surface area contributed by atoms with Crippen molar-refractivity contribution in [3.8, 4) is 11.3 Å². The molecule has 0 bridgehead atoms. The highest BCUT2D eigenvalue weighted by atomic mass is 32.2. The molecule has 1 unspecified atom stereocenters. The van der Waals surface area contributed by atoms with E-state index in [1.165, 1.54) is 12.1 Å². The normalized spacial score (nSPS) is 14.1. The van der Waals surface area contributed by atoms with Crippen molar-refractivity contribution in [2.45, 2.75) is 18.0 Å². The van der Waals surface area contributed by atoms with Gasteiger partial charge in [0.25, 0.3) is 15.8 Å². The average Bonchev–Trinajstić information content (AvgIpc) is 3.56. The Morgan fingerprint density at radius 3 is 2.27 bits per heavy atom. The van der Waals surface area contributed by atoms with Crippen LogP contribution in [0.25, 0.3) is 39.3 Å². The van der Waals surface area contributed by atoms with Gasteiger partial charge >= 0.3 is 5.82 Å². The molecule has 0 fully saturated rings. The average molecular weight is 702 g/mol. The van der Waals surface area contributed by atoms with Crippen LogP contribution in [0, 0.1) is 17.0 Å². The maximum Gasteiger partial charge on any atom is 0.320 e. The summed E-state index contributed by atoms with van der Waals surface area (Å²) in [6, 6.07) is 29.1. The van der Waals surface area contributed by atoms with Crippen molar-refractivity contribution in [2.75, 3.05) is 22.9 Å². The van der Waals surface area contributed by atoms with Crippen molar-refractivity contribution in [1.29, 1.82) is 0 Å². The lowest BCUT2D eigenvalue weighted by molar-refractivity contribution is -0.384. The summed E-state index contributed by atoms with van der Waals surface area (Å²) in [5.74, 6) is 1.75. The first-order valence-corrected chi connectivity index (χ1v) is 17.6. The van der Waals surface area contributed by atoms with E-state index in [1.807, 2.05) is 74.7 Å². The number of nitrogens with zero attached hydrogens (tertiary/aromatic N) is 5. The van der Waals surface area contributed by atoms with Crippen LogP contribution in [-0.2, 0) is 17.2 Å². The molecule has 0 saturated heterocycles. The predicted molar refractivity (Wildman–Crippen MR) is 202 cm³/mol. The summed E-state index contributed by atoms with van der Waals surface area (Å²) < 4.78 is 31.7. The molecule has 51 heavy (non-hydrogen) atoms. The van der Waals surface area contributed by atoms with Crippen molar-refractivity contribution in [3.63, 3.8) is 0 Å². The van der Waals surface area contributed by atoms with E-state index in [0.29, 0.717) is 13.1 Å². The maximum atomic E-state index is 11.7. The molecule has 258 valence electrons. The fourth-order valence-corrected chi connectivity index (χ4v) is 6.79. The lowest BCUT2D eigenvalue weighted by Gasteiger charge is -2.23. The zero-order valence-corrected chi connectivity index (χ0v) is 29.0. The Kier molecular flexibility index (Phi) is 9.81. The summed E-state index contributed by atoms with van der Waals surface area (Å²) >= 11 is 0. The fourth-order valence-electron chi connectivity index (χ4n) is 6.31. The largest absolute Gasteiger partial charge is 0.343 e. The van der Waals surface area contributed by atoms with E-state index in [2.05, 4.69) is 56.8 Å². The highest BCUT2D eigenvalue weighted by molar-refractivity contribution is 7.85. The number of aryl methyl sites for hydroxylation is 2. The molecular weight excluding hydrogens is 665 g/mol. The molecule has 1 atom stereocenters. The molecular formula is C39H37N6O5S+. The van der Waals surface area contributed by atoms with Crippen LogP contribution in [0.15, 0.2) is 133 Å². The van der Waals surface area contributed by atoms with Crippen molar-refractivity contribution in [2.24, 2.45) is 7.05 Å². The molecule has 2 aromatic heterocycles. The van der Waals surface area contributed by atoms with Crippen LogP contribution < -0.4 is 14.8 Å². The number of aromatic amines is 1. The smallest absolute Gasteiger partial charge is 0.320 e. The molecule has 1 aliphatic rings. The minimum absolute atomic E-state index is 0.0627. The van der Waals surface area contributed by atoms with Crippen LogP contribution in [-0.4, -0.2) is 46.7 Å². The first-order chi connectivity index (χ1) is 24.5. The summed E-state index contributed by atoms with van der Waals surface area (Å²) in [5, 5.41) is 12.5. The molecule has 0 aliphatic carbocycles. The Bertz CT molecular complexity index is 2350. The van der Waals surface area contributed by atoms with Gasteiger partial charge in [0.1, 0.15) is 12.1 Å². The third-order valence-electron chi connectivity index (χ3n) is 8.68. The predicted octanol–water partition coefficient (Wildman–Crippen LogP) is 7.40. The van der Waals surface area contributed by atoms with Crippen molar-refractivity contribution in [3.05, 3.63) is 150 Å². The van der Waals surface area contributed by atoms with Gasteiger partial charge in [-0.15, -0.1) is 6.58 Å². The molecule has 1 aliphatic heterocycles. The number of nitro groups is 1. The van der Waals surface area contributed by atoms with Crippen LogP contribution in [0.1, 0.15) is 11.1 Å². The van der Waals surface area contributed by atoms with E-state index in [1.54, 1.807) is 24.3 Å². The van der Waals surface area contributed by atoms with Crippen LogP contribution >= 0.6 is 0 Å². The van der Waals surface area contributed by atoms with Crippen LogP contribution in [0.3, 0.4) is 0 Å². The molecule has 3 heterocycles. The Balaban J connectivity index is 0.000000349. The molecule has 2 N–H and O–H groups in total. The molecule has 0 spiro atoms. The summed E-state index contributed by atoms with van der Waals surface area (Å²) in [5.41, 5.74) is 6.71. The Morgan fingerprint density at radius 2 is 1.61 bits per heavy atom. The van der Waals surface area contributed by atoms with Gasteiger partial charge in [-0.05, 0) is 48.9 Å². The first kappa shape index (κ1) is 34.7. The molecule has 0 amide bonds. The SMILES string of the molecule is C=CCN1c2nc3ccccc3[nH+]c2N(CC=C)C1/C=C/c1c(-c2ccccc2)n(C)c2ccc([N+](=O)[O-])cc12.Cc1ccc(S(=O)(=O)O)cc1. The minimum atomic E-state index is -4.02. The standard InChI is InChI=1S/C32H28N6O2.C7H8O3S/c1-4-19-36-29(37(20-5-2)32-31(36)33-26-13-9-10-14-27(26)34-32)18-16-24-25-21-23(38(39)40)15-17-28(25)35(3)30(24)22-11-7-6-8-12-22;1-6-2-4-7(5-3-6)11(8,9)10/h4-18,21,29H,1-2,19-20H2,3H3;2-5H,1H3,(H,8,9,10)/p+1/b18-16+;. The van der Waals surface area contributed by atoms with Crippen LogP contribution in [0.5, 0.6) is 0 Å². The zero-order valence-electron chi connectivity index (χ0n) is 28.2. The quantitative estimate of drug-likeness (QED) is 0.0713. The van der Waals surface area contributed by atoms with Crippen molar-refractivity contribution in [1.82, 2.24) is 9.55 Å². The number of H-pyrrole nitrogens is 1. The highest BCUT2D eigenvalue weighted by Crippen LogP contribution is 2.39. The summed E-state index contributed by atoms with van der Waals surface area (Å²) in [6.45, 7) is 11.0. The lowest BCUT2D eigenvalue weighted by atomic mass is 10.0. The third kappa shape index (κ3) is 7.00. The molecule has 0 radical (unpaired) electrons. The number of hydrogen-bond donors (Lipinski definition) is 1. The number of benzene rings is 4. The zero-order chi connectivity index (χ0) is 36.3. The van der Waals surface area contributed by atoms with Gasteiger partial charge in [0.15, 0.2) is 11.7 Å². The molecule has 11 nitrogen and oxygen atoms in total. The van der Waals surface area contributed by atoms with Gasteiger partial charge in [0.2, 0.25) is 5.82 Å². The van der Waals surface area contributed by atoms with Gasteiger partial charge < -0.3 is 9.47 Å². The van der Waals surface area contributed by atoms with E-state index in [0.717, 1.165) is 56.0 Å². The van der Waals surface area contributed by atoms with E-state index < -0.39 is 10.1 Å². The van der Waals surface area contributed by atoms with E-state index >= 15 is 0 Å². The van der Waals surface area contributed by atoms with E-state index in [9.17, 15) is 18.5 Å². The lowest BCUT2D eigenvalue weighted by Crippen LogP contribution is -2.43. The van der Waals surface area contributed by atoms with Gasteiger partial charge in [-0.3, -0.25) is 14.7 Å². The monoisotopic (exact) mass is 701 g/mol. The molecule has 4 aromatic carbocycles. The number of anilines is 2. The third-order valence-corrected chi connectivity index (χ3v) is 9.55. The van der Waals surface area contributed by atoms with Gasteiger partial charge in [-0.25, -0.2) is 14.9 Å². The number of aromatic nitrogens is 3. The van der Waals surface area contributed by atoms with Gasteiger partial charge in [-0.1, -0.05) is 85.0 Å². The van der Waals surface area contributed by atoms with E-state index in [-0.39, 0.29) is 21.7 Å². The number of nitro benzene ring substituents is 1. The summed E-state index contributed by atoms with van der Waals surface area (Å²) in [6.07, 6.45) is 7.77. The van der Waals surface area contributed by atoms with Gasteiger partial charge in [0, 0.05) is 42.2 Å². The number of non-ortho nitro benzene ring substituents is 1. The number of nitrogens with one attached hydrogen (secondary N) is 1. The minimum Gasteiger partial charge on any atom is -0.343 e. The molecule has 0 saturated carbocycles. The molecule has 6 aromatic rings.